The molecular weight excluding hydrogens is 520 g/mol. The first-order chi connectivity index (χ1) is 18.9. The number of anilines is 1. The van der Waals surface area contributed by atoms with Gasteiger partial charge in [-0.15, -0.1) is 0 Å². The molecule has 0 saturated carbocycles. The molecule has 40 heavy (non-hydrogen) atoms. The van der Waals surface area contributed by atoms with E-state index in [1.165, 1.54) is 11.1 Å². The number of hydrogen-bond donors (Lipinski definition) is 1. The Morgan fingerprint density at radius 1 is 0.825 bits per heavy atom. The van der Waals surface area contributed by atoms with Crippen molar-refractivity contribution in [3.8, 4) is 5.69 Å². The lowest BCUT2D eigenvalue weighted by molar-refractivity contribution is -0.119. The zero-order valence-electron chi connectivity index (χ0n) is 24.1. The van der Waals surface area contributed by atoms with Crippen molar-refractivity contribution in [2.24, 2.45) is 5.10 Å². The van der Waals surface area contributed by atoms with Crippen LogP contribution in [0.1, 0.15) is 44.8 Å². The van der Waals surface area contributed by atoms with Crippen molar-refractivity contribution in [2.75, 3.05) is 10.8 Å². The molecule has 1 amide bonds. The van der Waals surface area contributed by atoms with E-state index in [1.54, 1.807) is 42.6 Å². The van der Waals surface area contributed by atoms with Crippen molar-refractivity contribution < 1.29 is 13.2 Å². The molecule has 0 aliphatic carbocycles. The van der Waals surface area contributed by atoms with Gasteiger partial charge in [-0.3, -0.25) is 9.10 Å². The van der Waals surface area contributed by atoms with Gasteiger partial charge in [0.1, 0.15) is 6.54 Å². The van der Waals surface area contributed by atoms with E-state index in [4.69, 9.17) is 0 Å². The van der Waals surface area contributed by atoms with Crippen LogP contribution in [0.2, 0.25) is 0 Å². The third-order valence-corrected chi connectivity index (χ3v) is 8.92. The number of hydrogen-bond acceptors (Lipinski definition) is 4. The van der Waals surface area contributed by atoms with Crippen LogP contribution in [0, 0.1) is 48.5 Å². The maximum absolute atomic E-state index is 13.6. The fourth-order valence-electron chi connectivity index (χ4n) is 4.72. The minimum absolute atomic E-state index is 0.117. The van der Waals surface area contributed by atoms with Crippen LogP contribution in [0.4, 0.5) is 5.69 Å². The normalized spacial score (nSPS) is 11.7. The van der Waals surface area contributed by atoms with Crippen molar-refractivity contribution in [1.29, 1.82) is 0 Å². The van der Waals surface area contributed by atoms with Gasteiger partial charge in [-0.05, 0) is 102 Å². The second-order valence-electron chi connectivity index (χ2n) is 10.3. The summed E-state index contributed by atoms with van der Waals surface area (Å²) in [4.78, 5) is 13.1. The highest BCUT2D eigenvalue weighted by molar-refractivity contribution is 7.92. The highest BCUT2D eigenvalue weighted by Crippen LogP contribution is 2.26. The van der Waals surface area contributed by atoms with Gasteiger partial charge >= 0.3 is 0 Å². The summed E-state index contributed by atoms with van der Waals surface area (Å²) in [6.45, 7) is 13.5. The second-order valence-corrected chi connectivity index (χ2v) is 12.2. The number of rotatable bonds is 8. The van der Waals surface area contributed by atoms with Crippen molar-refractivity contribution >= 4 is 27.8 Å². The lowest BCUT2D eigenvalue weighted by Crippen LogP contribution is -2.39. The molecule has 4 aromatic rings. The predicted octanol–water partition coefficient (Wildman–Crippen LogP) is 5.98. The van der Waals surface area contributed by atoms with E-state index in [-0.39, 0.29) is 4.90 Å². The number of benzene rings is 3. The lowest BCUT2D eigenvalue weighted by atomic mass is 10.1. The first-order valence-electron chi connectivity index (χ1n) is 13.1. The predicted molar refractivity (Wildman–Crippen MR) is 162 cm³/mol. The van der Waals surface area contributed by atoms with Crippen LogP contribution in [-0.4, -0.2) is 31.7 Å². The number of carbonyl (C=O) groups is 1. The van der Waals surface area contributed by atoms with E-state index >= 15 is 0 Å². The molecule has 0 saturated heterocycles. The summed E-state index contributed by atoms with van der Waals surface area (Å²) in [7, 11) is -4.00. The maximum atomic E-state index is 13.6. The molecule has 8 heteroatoms. The van der Waals surface area contributed by atoms with Crippen molar-refractivity contribution in [2.45, 2.75) is 53.4 Å². The third kappa shape index (κ3) is 6.02. The zero-order valence-corrected chi connectivity index (χ0v) is 24.9. The van der Waals surface area contributed by atoms with E-state index in [2.05, 4.69) is 47.1 Å². The van der Waals surface area contributed by atoms with E-state index in [1.807, 2.05) is 46.8 Å². The number of aryl methyl sites for hydroxylation is 6. The summed E-state index contributed by atoms with van der Waals surface area (Å²) >= 11 is 0. The van der Waals surface area contributed by atoms with Gasteiger partial charge in [-0.25, -0.2) is 13.8 Å². The van der Waals surface area contributed by atoms with Gasteiger partial charge < -0.3 is 4.57 Å². The van der Waals surface area contributed by atoms with E-state index < -0.39 is 22.5 Å². The summed E-state index contributed by atoms with van der Waals surface area (Å²) in [5.74, 6) is -0.548. The molecule has 208 valence electrons. The topological polar surface area (TPSA) is 83.8 Å². The van der Waals surface area contributed by atoms with E-state index in [0.717, 1.165) is 43.6 Å². The van der Waals surface area contributed by atoms with E-state index in [0.29, 0.717) is 5.69 Å². The van der Waals surface area contributed by atoms with Crippen LogP contribution < -0.4 is 9.73 Å². The smallest absolute Gasteiger partial charge is 0.264 e. The largest absolute Gasteiger partial charge is 0.318 e. The molecular formula is C32H36N4O3S. The number of aromatic nitrogens is 1. The Hall–Kier alpha value is -4.17. The molecule has 0 bridgehead atoms. The molecule has 1 N–H and O–H groups in total. The Bertz CT molecular complexity index is 1700. The average Bonchev–Trinajstić information content (AvgIpc) is 3.17. The molecule has 3 aromatic carbocycles. The van der Waals surface area contributed by atoms with Crippen LogP contribution in [0.15, 0.2) is 76.7 Å². The summed E-state index contributed by atoms with van der Waals surface area (Å²) < 4.78 is 30.6. The van der Waals surface area contributed by atoms with Crippen LogP contribution in [-0.2, 0) is 14.8 Å². The molecule has 0 unspecified atom stereocenters. The Balaban J connectivity index is 1.58. The first kappa shape index (κ1) is 28.8. The fourth-order valence-corrected chi connectivity index (χ4v) is 6.13. The number of nitrogens with one attached hydrogen (secondary N) is 1. The summed E-state index contributed by atoms with van der Waals surface area (Å²) in [6, 6.07) is 20.3. The molecule has 0 spiro atoms. The van der Waals surface area contributed by atoms with Gasteiger partial charge in [0, 0.05) is 22.6 Å². The molecule has 0 atom stereocenters. The standard InChI is InChI=1S/C32H36N4O3S/c1-21-8-13-30(14-9-21)40(38,39)35(29-12-11-23(3)24(4)17-29)20-32(37)34-33-19-28-18-26(6)36(27(28)7)31-15-10-22(2)16-25(31)5/h8-19H,20H2,1-7H3,(H,34,37)/b33-19-. The van der Waals surface area contributed by atoms with Crippen LogP contribution >= 0.6 is 0 Å². The van der Waals surface area contributed by atoms with Crippen molar-refractivity contribution in [1.82, 2.24) is 9.99 Å². The number of amides is 1. The first-order valence-corrected chi connectivity index (χ1v) is 14.6. The Morgan fingerprint density at radius 3 is 2.15 bits per heavy atom. The molecule has 0 aliphatic rings. The van der Waals surface area contributed by atoms with Crippen LogP contribution in [0.5, 0.6) is 0 Å². The van der Waals surface area contributed by atoms with Gasteiger partial charge in [0.2, 0.25) is 0 Å². The number of nitrogens with zero attached hydrogens (tertiary/aromatic N) is 3. The summed E-state index contributed by atoms with van der Waals surface area (Å²) in [6.07, 6.45) is 1.59. The van der Waals surface area contributed by atoms with Gasteiger partial charge in [0.25, 0.3) is 15.9 Å². The molecule has 0 radical (unpaired) electrons. The molecule has 0 aliphatic heterocycles. The van der Waals surface area contributed by atoms with Gasteiger partial charge in [-0.1, -0.05) is 41.5 Å². The minimum Gasteiger partial charge on any atom is -0.318 e. The zero-order chi connectivity index (χ0) is 29.2. The number of hydrazone groups is 1. The van der Waals surface area contributed by atoms with Crippen LogP contribution in [0.3, 0.4) is 0 Å². The summed E-state index contributed by atoms with van der Waals surface area (Å²) in [5, 5.41) is 4.17. The Kier molecular flexibility index (Phi) is 8.30. The SMILES string of the molecule is Cc1ccc(S(=O)(=O)N(CC(=O)N/N=C\c2cc(C)n(-c3ccc(C)cc3C)c2C)c2ccc(C)c(C)c2)cc1. The highest BCUT2D eigenvalue weighted by atomic mass is 32.2. The maximum Gasteiger partial charge on any atom is 0.264 e. The minimum atomic E-state index is -4.00. The van der Waals surface area contributed by atoms with Gasteiger partial charge in [0.15, 0.2) is 0 Å². The van der Waals surface area contributed by atoms with Gasteiger partial charge in [-0.2, -0.15) is 5.10 Å². The number of carbonyl (C=O) groups excluding carboxylic acids is 1. The Labute approximate surface area is 237 Å². The lowest BCUT2D eigenvalue weighted by Gasteiger charge is -2.24. The monoisotopic (exact) mass is 556 g/mol. The second kappa shape index (κ2) is 11.5. The van der Waals surface area contributed by atoms with Crippen LogP contribution in [0.25, 0.3) is 5.69 Å². The quantitative estimate of drug-likeness (QED) is 0.214. The van der Waals surface area contributed by atoms with E-state index in [9.17, 15) is 13.2 Å². The highest BCUT2D eigenvalue weighted by Gasteiger charge is 2.27. The molecule has 1 aromatic heterocycles. The average molecular weight is 557 g/mol. The van der Waals surface area contributed by atoms with Gasteiger partial charge in [0.05, 0.1) is 16.8 Å². The van der Waals surface area contributed by atoms with Crippen molar-refractivity contribution in [3.63, 3.8) is 0 Å². The molecule has 7 nitrogen and oxygen atoms in total. The fraction of sp³-hybridized carbons (Fsp3) is 0.250. The molecule has 1 heterocycles. The van der Waals surface area contributed by atoms with Crippen molar-refractivity contribution in [3.05, 3.63) is 111 Å². The summed E-state index contributed by atoms with van der Waals surface area (Å²) in [5.41, 5.74) is 12.2. The Morgan fingerprint density at radius 2 is 1.50 bits per heavy atom. The molecule has 4 rings (SSSR count). The number of sulfonamides is 1. The molecule has 0 fully saturated rings. The third-order valence-electron chi connectivity index (χ3n) is 7.13.